The first-order chi connectivity index (χ1) is 23.4. The number of fused-ring (bicyclic) bond motifs is 6. The Bertz CT molecular complexity index is 2260. The quantitative estimate of drug-likeness (QED) is 0.163. The fraction of sp³-hybridized carbons (Fsp3) is 0.171. The van der Waals surface area contributed by atoms with Gasteiger partial charge in [-0.1, -0.05) is 67.6 Å². The van der Waals surface area contributed by atoms with Gasteiger partial charge in [-0.25, -0.2) is 8.78 Å². The van der Waals surface area contributed by atoms with E-state index >= 15 is 0 Å². The van der Waals surface area contributed by atoms with Crippen LogP contribution in [-0.4, -0.2) is 24.6 Å². The maximum absolute atomic E-state index is 13.8. The van der Waals surface area contributed by atoms with Crippen LogP contribution >= 0.6 is 0 Å². The molecule has 0 aliphatic heterocycles. The number of hydrogen-bond donors (Lipinski definition) is 2. The maximum Gasteiger partial charge on any atom is 0.123 e. The smallest absolute Gasteiger partial charge is 0.123 e. The van der Waals surface area contributed by atoms with Crippen LogP contribution in [0.5, 0.6) is 0 Å². The summed E-state index contributed by atoms with van der Waals surface area (Å²) in [5, 5.41) is 4.54. The van der Waals surface area contributed by atoms with Crippen LogP contribution in [0.1, 0.15) is 35.9 Å². The Balaban J connectivity index is 0.00000378. The van der Waals surface area contributed by atoms with Crippen molar-refractivity contribution in [1.82, 2.24) is 25.3 Å². The van der Waals surface area contributed by atoms with Gasteiger partial charge in [0.1, 0.15) is 11.6 Å². The van der Waals surface area contributed by atoms with E-state index in [1.807, 2.05) is 48.8 Å². The Hall–Kier alpha value is -5.44. The largest absolute Gasteiger partial charge is 0.344 e. The number of para-hydroxylation sites is 2. The summed E-state index contributed by atoms with van der Waals surface area (Å²) in [5.74, 6) is -0.501. The molecule has 0 saturated carbocycles. The van der Waals surface area contributed by atoms with Crippen LogP contribution in [0.2, 0.25) is 0 Å². The molecule has 0 atom stereocenters. The number of nitrogens with two attached hydrogens (primary N) is 1. The lowest BCUT2D eigenvalue weighted by atomic mass is 9.85. The van der Waals surface area contributed by atoms with Gasteiger partial charge in [-0.05, 0) is 66.1 Å². The van der Waals surface area contributed by atoms with E-state index in [1.165, 1.54) is 24.3 Å². The number of pyridine rings is 2. The van der Waals surface area contributed by atoms with Crippen LogP contribution in [0.15, 0.2) is 122 Å². The molecule has 4 heterocycles. The van der Waals surface area contributed by atoms with Gasteiger partial charge in [0.25, 0.3) is 0 Å². The molecule has 0 saturated heterocycles. The molecule has 0 fully saturated rings. The zero-order chi connectivity index (χ0) is 32.8. The molecule has 8 heteroatoms. The van der Waals surface area contributed by atoms with Crippen LogP contribution in [0.3, 0.4) is 0 Å². The first-order valence-corrected chi connectivity index (χ1v) is 16.4. The second-order valence-electron chi connectivity index (χ2n) is 12.8. The third-order valence-electron chi connectivity index (χ3n) is 9.76. The van der Waals surface area contributed by atoms with Gasteiger partial charge in [0.05, 0.1) is 22.4 Å². The van der Waals surface area contributed by atoms with Crippen LogP contribution in [0.25, 0.3) is 43.6 Å². The maximum atomic E-state index is 13.8. The average Bonchev–Trinajstić information content (AvgIpc) is 3.60. The predicted molar refractivity (Wildman–Crippen MR) is 195 cm³/mol. The molecular weight excluding hydrogens is 614 g/mol. The number of halogens is 2. The number of benzene rings is 4. The summed E-state index contributed by atoms with van der Waals surface area (Å²) >= 11 is 0. The van der Waals surface area contributed by atoms with E-state index in [0.29, 0.717) is 32.4 Å². The van der Waals surface area contributed by atoms with E-state index in [2.05, 4.69) is 64.6 Å². The minimum atomic E-state index is -0.656. The van der Waals surface area contributed by atoms with Crippen molar-refractivity contribution in [3.63, 3.8) is 0 Å². The molecule has 0 radical (unpaired) electrons. The van der Waals surface area contributed by atoms with Gasteiger partial charge in [-0.3, -0.25) is 9.97 Å². The predicted octanol–water partition coefficient (Wildman–Crippen LogP) is 9.12. The molecule has 4 aromatic carbocycles. The number of hydrogen-bond acceptors (Lipinski definition) is 4. The van der Waals surface area contributed by atoms with Crippen molar-refractivity contribution in [2.24, 2.45) is 5.73 Å². The van der Waals surface area contributed by atoms with E-state index in [-0.39, 0.29) is 17.8 Å². The molecule has 8 rings (SSSR count). The zero-order valence-electron chi connectivity index (χ0n) is 27.4. The highest BCUT2D eigenvalue weighted by molar-refractivity contribution is 6.09. The third kappa shape index (κ3) is 5.83. The van der Waals surface area contributed by atoms with E-state index in [4.69, 9.17) is 15.7 Å². The summed E-state index contributed by atoms with van der Waals surface area (Å²) in [6, 6.07) is 34.3. The van der Waals surface area contributed by atoms with E-state index in [0.717, 1.165) is 66.1 Å². The molecule has 0 aliphatic carbocycles. The molecule has 5 N–H and O–H groups in total. The molecule has 0 amide bonds. The second-order valence-corrected chi connectivity index (χ2v) is 12.8. The summed E-state index contributed by atoms with van der Waals surface area (Å²) in [5.41, 5.74) is 14.9. The van der Waals surface area contributed by atoms with Gasteiger partial charge in [0.15, 0.2) is 0 Å². The number of nitrogens with zero attached hydrogens (tertiary/aromatic N) is 4. The molecule has 246 valence electrons. The monoisotopic (exact) mass is 652 g/mol. The summed E-state index contributed by atoms with van der Waals surface area (Å²) in [6.45, 7) is 3.29. The van der Waals surface area contributed by atoms with Crippen molar-refractivity contribution in [3.05, 3.63) is 156 Å². The highest BCUT2D eigenvalue weighted by atomic mass is 19.1. The Labute approximate surface area is 283 Å². The summed E-state index contributed by atoms with van der Waals surface area (Å²) < 4.78 is 32.2. The Morgan fingerprint density at radius 1 is 0.571 bits per heavy atom. The molecule has 0 aliphatic rings. The lowest BCUT2D eigenvalue weighted by Gasteiger charge is -2.29. The van der Waals surface area contributed by atoms with Crippen LogP contribution < -0.4 is 11.9 Å². The van der Waals surface area contributed by atoms with Crippen LogP contribution in [0, 0.1) is 11.6 Å². The number of aromatic nitrogens is 4. The molecule has 6 nitrogen and oxygen atoms in total. The highest BCUT2D eigenvalue weighted by Gasteiger charge is 2.29. The Morgan fingerprint density at radius 2 is 0.980 bits per heavy atom. The molecule has 0 bridgehead atoms. The van der Waals surface area contributed by atoms with Gasteiger partial charge in [-0.2, -0.15) is 0 Å². The molecule has 0 spiro atoms. The summed E-state index contributed by atoms with van der Waals surface area (Å²) in [7, 11) is 0. The zero-order valence-corrected chi connectivity index (χ0v) is 27.4. The summed E-state index contributed by atoms with van der Waals surface area (Å²) in [4.78, 5) is 9.91. The SMILES string of the molecule is CCC(N)(Cc1nccc2c3ccccc3n(Cc3ccc(F)cc3)c12)Cc1nccc2c3ccccc3n(Cc3ccc(F)cc3)c12.N. The van der Waals surface area contributed by atoms with Gasteiger partial charge in [0.2, 0.25) is 0 Å². The third-order valence-corrected chi connectivity index (χ3v) is 9.76. The van der Waals surface area contributed by atoms with Gasteiger partial charge in [-0.15, -0.1) is 0 Å². The molecule has 49 heavy (non-hydrogen) atoms. The Morgan fingerprint density at radius 3 is 1.39 bits per heavy atom. The van der Waals surface area contributed by atoms with E-state index in [1.54, 1.807) is 0 Å². The highest BCUT2D eigenvalue weighted by Crippen LogP contribution is 2.36. The fourth-order valence-corrected chi connectivity index (χ4v) is 7.26. The van der Waals surface area contributed by atoms with E-state index in [9.17, 15) is 8.78 Å². The molecule has 4 aromatic heterocycles. The van der Waals surface area contributed by atoms with Crippen molar-refractivity contribution < 1.29 is 8.78 Å². The lowest BCUT2D eigenvalue weighted by Crippen LogP contribution is -2.44. The van der Waals surface area contributed by atoms with Gasteiger partial charge < -0.3 is 21.0 Å². The van der Waals surface area contributed by atoms with Crippen LogP contribution in [-0.2, 0) is 25.9 Å². The van der Waals surface area contributed by atoms with Crippen molar-refractivity contribution in [2.75, 3.05) is 0 Å². The van der Waals surface area contributed by atoms with Crippen molar-refractivity contribution in [2.45, 2.75) is 44.8 Å². The molecular formula is C41H38F2N6. The molecule has 0 unspecified atom stereocenters. The normalized spacial score (nSPS) is 11.9. The topological polar surface area (TPSA) is 96.7 Å². The van der Waals surface area contributed by atoms with Gasteiger partial charge >= 0.3 is 0 Å². The second kappa shape index (κ2) is 12.9. The minimum absolute atomic E-state index is 0. The first-order valence-electron chi connectivity index (χ1n) is 16.4. The fourth-order valence-electron chi connectivity index (χ4n) is 7.26. The standard InChI is InChI=1S/C41H35F2N5.H3N/c1-2-41(44,23-35-39-33(19-21-45-35)31-7-3-5-9-37(31)47(39)25-27-11-15-29(42)16-12-27)24-36-40-34(20-22-46-36)32-8-4-6-10-38(32)48(40)26-28-13-17-30(43)18-14-28;/h3-22H,2,23-26,44H2,1H3;1H3. The molecule has 8 aromatic rings. The van der Waals surface area contributed by atoms with E-state index < -0.39 is 5.54 Å². The summed E-state index contributed by atoms with van der Waals surface area (Å²) in [6.07, 6.45) is 5.54. The van der Waals surface area contributed by atoms with Crippen molar-refractivity contribution in [1.29, 1.82) is 0 Å². The van der Waals surface area contributed by atoms with Crippen LogP contribution in [0.4, 0.5) is 8.78 Å². The first kappa shape index (κ1) is 32.1. The average molecular weight is 653 g/mol. The lowest BCUT2D eigenvalue weighted by molar-refractivity contribution is 0.398. The van der Waals surface area contributed by atoms with Crippen molar-refractivity contribution >= 4 is 43.6 Å². The Kier molecular flexibility index (Phi) is 8.44. The van der Waals surface area contributed by atoms with Gasteiger partial charge in [0, 0.05) is 76.4 Å². The number of rotatable bonds is 9. The minimum Gasteiger partial charge on any atom is -0.344 e. The van der Waals surface area contributed by atoms with Crippen molar-refractivity contribution in [3.8, 4) is 0 Å².